The SMILES string of the molecule is O=CC#CCN1CCCC1. The molecule has 0 aliphatic carbocycles. The van der Waals surface area contributed by atoms with Gasteiger partial charge in [0.2, 0.25) is 0 Å². The van der Waals surface area contributed by atoms with Crippen LogP contribution in [0.4, 0.5) is 0 Å². The quantitative estimate of drug-likeness (QED) is 0.382. The lowest BCUT2D eigenvalue weighted by Crippen LogP contribution is -2.18. The summed E-state index contributed by atoms with van der Waals surface area (Å²) in [7, 11) is 0. The molecule has 1 saturated heterocycles. The van der Waals surface area contributed by atoms with Gasteiger partial charge >= 0.3 is 0 Å². The average molecular weight is 137 g/mol. The fraction of sp³-hybridized carbons (Fsp3) is 0.625. The second-order valence-corrected chi connectivity index (χ2v) is 2.42. The zero-order chi connectivity index (χ0) is 7.23. The van der Waals surface area contributed by atoms with E-state index in [0.717, 1.165) is 19.6 Å². The Hall–Kier alpha value is -0.810. The molecule has 0 aromatic heterocycles. The van der Waals surface area contributed by atoms with Crippen LogP contribution in [-0.2, 0) is 4.79 Å². The summed E-state index contributed by atoms with van der Waals surface area (Å²) < 4.78 is 0. The second kappa shape index (κ2) is 4.08. The van der Waals surface area contributed by atoms with E-state index in [0.29, 0.717) is 6.29 Å². The highest BCUT2D eigenvalue weighted by Gasteiger charge is 2.08. The van der Waals surface area contributed by atoms with Crippen LogP contribution in [0.3, 0.4) is 0 Å². The zero-order valence-electron chi connectivity index (χ0n) is 5.97. The number of likely N-dealkylation sites (tertiary alicyclic amines) is 1. The Morgan fingerprint density at radius 3 is 2.70 bits per heavy atom. The summed E-state index contributed by atoms with van der Waals surface area (Å²) in [5.41, 5.74) is 0. The van der Waals surface area contributed by atoms with Crippen molar-refractivity contribution in [2.24, 2.45) is 0 Å². The molecular weight excluding hydrogens is 126 g/mol. The Morgan fingerprint density at radius 1 is 1.40 bits per heavy atom. The topological polar surface area (TPSA) is 20.3 Å². The molecule has 1 fully saturated rings. The van der Waals surface area contributed by atoms with Crippen molar-refractivity contribution >= 4 is 6.29 Å². The van der Waals surface area contributed by atoms with Crippen molar-refractivity contribution in [3.63, 3.8) is 0 Å². The smallest absolute Gasteiger partial charge is 0.192 e. The van der Waals surface area contributed by atoms with Crippen molar-refractivity contribution in [3.8, 4) is 11.8 Å². The van der Waals surface area contributed by atoms with Crippen LogP contribution in [0.15, 0.2) is 0 Å². The van der Waals surface area contributed by atoms with Crippen molar-refractivity contribution in [3.05, 3.63) is 0 Å². The molecule has 10 heavy (non-hydrogen) atoms. The largest absolute Gasteiger partial charge is 0.292 e. The first kappa shape index (κ1) is 7.30. The molecule has 1 heterocycles. The highest BCUT2D eigenvalue weighted by molar-refractivity contribution is 5.72. The average Bonchev–Trinajstić information content (AvgIpc) is 2.41. The minimum absolute atomic E-state index is 0.649. The summed E-state index contributed by atoms with van der Waals surface area (Å²) in [4.78, 5) is 12.0. The molecule has 2 heteroatoms. The van der Waals surface area contributed by atoms with Crippen LogP contribution in [0.25, 0.3) is 0 Å². The lowest BCUT2D eigenvalue weighted by atomic mass is 10.4. The van der Waals surface area contributed by atoms with E-state index in [2.05, 4.69) is 16.7 Å². The fourth-order valence-corrected chi connectivity index (χ4v) is 1.14. The first-order valence-corrected chi connectivity index (χ1v) is 3.58. The van der Waals surface area contributed by atoms with Crippen LogP contribution < -0.4 is 0 Å². The third kappa shape index (κ3) is 2.20. The van der Waals surface area contributed by atoms with E-state index in [1.807, 2.05) is 0 Å². The Balaban J connectivity index is 2.18. The molecule has 0 aromatic carbocycles. The first-order chi connectivity index (χ1) is 4.93. The number of rotatable bonds is 1. The van der Waals surface area contributed by atoms with Gasteiger partial charge in [-0.15, -0.1) is 0 Å². The zero-order valence-corrected chi connectivity index (χ0v) is 5.97. The van der Waals surface area contributed by atoms with Gasteiger partial charge in [-0.25, -0.2) is 0 Å². The molecule has 0 aromatic rings. The summed E-state index contributed by atoms with van der Waals surface area (Å²) in [6, 6.07) is 0. The normalized spacial score (nSPS) is 18.0. The molecule has 0 atom stereocenters. The number of carbonyl (C=O) groups excluding carboxylic acids is 1. The predicted molar refractivity (Wildman–Crippen MR) is 39.5 cm³/mol. The second-order valence-electron chi connectivity index (χ2n) is 2.42. The van der Waals surface area contributed by atoms with E-state index in [1.54, 1.807) is 0 Å². The summed E-state index contributed by atoms with van der Waals surface area (Å²) in [6.07, 6.45) is 3.21. The molecular formula is C8H11NO. The van der Waals surface area contributed by atoms with E-state index >= 15 is 0 Å². The van der Waals surface area contributed by atoms with E-state index in [-0.39, 0.29) is 0 Å². The van der Waals surface area contributed by atoms with Crippen molar-refractivity contribution in [1.82, 2.24) is 4.90 Å². The maximum Gasteiger partial charge on any atom is 0.192 e. The standard InChI is InChI=1S/C8H11NO/c10-8-4-3-7-9-5-1-2-6-9/h8H,1-2,5-7H2. The molecule has 0 saturated carbocycles. The number of aldehydes is 1. The van der Waals surface area contributed by atoms with Crippen LogP contribution in [0, 0.1) is 11.8 Å². The minimum Gasteiger partial charge on any atom is -0.292 e. The summed E-state index contributed by atoms with van der Waals surface area (Å²) in [5, 5.41) is 0. The highest BCUT2D eigenvalue weighted by Crippen LogP contribution is 2.04. The Morgan fingerprint density at radius 2 is 2.10 bits per heavy atom. The molecule has 0 bridgehead atoms. The minimum atomic E-state index is 0.649. The predicted octanol–water partition coefficient (Wildman–Crippen LogP) is 0.284. The molecule has 0 spiro atoms. The van der Waals surface area contributed by atoms with Crippen LogP contribution in [0.2, 0.25) is 0 Å². The lowest BCUT2D eigenvalue weighted by molar-refractivity contribution is -0.103. The van der Waals surface area contributed by atoms with Crippen LogP contribution in [0.1, 0.15) is 12.8 Å². The Labute approximate surface area is 61.2 Å². The highest BCUT2D eigenvalue weighted by atomic mass is 16.1. The van der Waals surface area contributed by atoms with Crippen LogP contribution in [0.5, 0.6) is 0 Å². The molecule has 0 unspecified atom stereocenters. The molecule has 2 nitrogen and oxygen atoms in total. The summed E-state index contributed by atoms with van der Waals surface area (Å²) in [5.74, 6) is 5.19. The van der Waals surface area contributed by atoms with Gasteiger partial charge in [-0.05, 0) is 31.9 Å². The third-order valence-electron chi connectivity index (χ3n) is 1.66. The maximum absolute atomic E-state index is 9.79. The third-order valence-corrected chi connectivity index (χ3v) is 1.66. The van der Waals surface area contributed by atoms with Gasteiger partial charge in [0.05, 0.1) is 6.54 Å². The monoisotopic (exact) mass is 137 g/mol. The van der Waals surface area contributed by atoms with Gasteiger partial charge in [0.1, 0.15) is 0 Å². The fourth-order valence-electron chi connectivity index (χ4n) is 1.14. The lowest BCUT2D eigenvalue weighted by Gasteiger charge is -2.07. The molecule has 1 aliphatic rings. The van der Waals surface area contributed by atoms with Crippen molar-refractivity contribution < 1.29 is 4.79 Å². The van der Waals surface area contributed by atoms with Crippen molar-refractivity contribution in [2.45, 2.75) is 12.8 Å². The molecule has 54 valence electrons. The molecule has 0 N–H and O–H groups in total. The van der Waals surface area contributed by atoms with Gasteiger partial charge < -0.3 is 0 Å². The number of hydrogen-bond donors (Lipinski definition) is 0. The molecule has 1 aliphatic heterocycles. The van der Waals surface area contributed by atoms with Gasteiger partial charge in [-0.2, -0.15) is 0 Å². The number of carbonyl (C=O) groups is 1. The molecule has 0 radical (unpaired) electrons. The van der Waals surface area contributed by atoms with E-state index < -0.39 is 0 Å². The van der Waals surface area contributed by atoms with Gasteiger partial charge in [-0.1, -0.05) is 5.92 Å². The van der Waals surface area contributed by atoms with Gasteiger partial charge in [0.15, 0.2) is 6.29 Å². The van der Waals surface area contributed by atoms with Crippen LogP contribution in [-0.4, -0.2) is 30.8 Å². The van der Waals surface area contributed by atoms with Gasteiger partial charge in [0, 0.05) is 0 Å². The van der Waals surface area contributed by atoms with Crippen LogP contribution >= 0.6 is 0 Å². The molecule has 1 rings (SSSR count). The summed E-state index contributed by atoms with van der Waals surface area (Å²) in [6.45, 7) is 3.06. The van der Waals surface area contributed by atoms with Crippen molar-refractivity contribution in [1.29, 1.82) is 0 Å². The first-order valence-electron chi connectivity index (χ1n) is 3.58. The van der Waals surface area contributed by atoms with E-state index in [4.69, 9.17) is 0 Å². The maximum atomic E-state index is 9.79. The number of hydrogen-bond acceptors (Lipinski definition) is 2. The van der Waals surface area contributed by atoms with Crippen molar-refractivity contribution in [2.75, 3.05) is 19.6 Å². The van der Waals surface area contributed by atoms with Gasteiger partial charge in [-0.3, -0.25) is 9.69 Å². The Bertz CT molecular complexity index is 160. The number of nitrogens with zero attached hydrogens (tertiary/aromatic N) is 1. The Kier molecular flexibility index (Phi) is 2.98. The molecule has 0 amide bonds. The van der Waals surface area contributed by atoms with Gasteiger partial charge in [0.25, 0.3) is 0 Å². The van der Waals surface area contributed by atoms with E-state index in [9.17, 15) is 4.79 Å². The summed E-state index contributed by atoms with van der Waals surface area (Å²) >= 11 is 0. The van der Waals surface area contributed by atoms with E-state index in [1.165, 1.54) is 12.8 Å².